The van der Waals surface area contributed by atoms with Gasteiger partial charge in [0.1, 0.15) is 6.10 Å². The first-order chi connectivity index (χ1) is 6.33. The van der Waals surface area contributed by atoms with Crippen molar-refractivity contribution < 1.29 is 9.53 Å². The van der Waals surface area contributed by atoms with Crippen molar-refractivity contribution in [3.8, 4) is 0 Å². The zero-order valence-corrected chi connectivity index (χ0v) is 8.14. The van der Waals surface area contributed by atoms with Crippen LogP contribution >= 0.6 is 0 Å². The average molecular weight is 180 g/mol. The molecule has 0 fully saturated rings. The molecule has 0 radical (unpaired) electrons. The Morgan fingerprint density at radius 2 is 2.15 bits per heavy atom. The molecular formula is C11H16O2. The molecule has 72 valence electrons. The summed E-state index contributed by atoms with van der Waals surface area (Å²) in [6, 6.07) is 0. The second-order valence-corrected chi connectivity index (χ2v) is 3.80. The highest BCUT2D eigenvalue weighted by Crippen LogP contribution is 2.35. The Morgan fingerprint density at radius 3 is 2.85 bits per heavy atom. The molecule has 0 saturated carbocycles. The molecule has 0 amide bonds. The molecule has 2 rings (SSSR count). The molecule has 2 nitrogen and oxygen atoms in total. The Bertz CT molecular complexity index is 253. The van der Waals surface area contributed by atoms with E-state index in [0.29, 0.717) is 6.61 Å². The number of hydrogen-bond acceptors (Lipinski definition) is 2. The molecule has 0 N–H and O–H groups in total. The number of carbonyl (C=O) groups excluding carboxylic acids is 1. The van der Waals surface area contributed by atoms with E-state index in [4.69, 9.17) is 4.74 Å². The summed E-state index contributed by atoms with van der Waals surface area (Å²) in [5, 5.41) is 0. The van der Waals surface area contributed by atoms with Gasteiger partial charge in [-0.15, -0.1) is 0 Å². The quantitative estimate of drug-likeness (QED) is 0.651. The van der Waals surface area contributed by atoms with Crippen LogP contribution in [-0.2, 0) is 9.53 Å². The van der Waals surface area contributed by atoms with Gasteiger partial charge < -0.3 is 4.74 Å². The van der Waals surface area contributed by atoms with Crippen LogP contribution in [0.4, 0.5) is 0 Å². The van der Waals surface area contributed by atoms with E-state index in [1.54, 1.807) is 0 Å². The fraction of sp³-hybridized carbons (Fsp3) is 0.727. The molecule has 0 aromatic heterocycles. The van der Waals surface area contributed by atoms with Gasteiger partial charge in [0.2, 0.25) is 0 Å². The molecule has 0 aromatic rings. The van der Waals surface area contributed by atoms with Crippen molar-refractivity contribution in [2.24, 2.45) is 0 Å². The summed E-state index contributed by atoms with van der Waals surface area (Å²) in [6.45, 7) is 2.60. The predicted octanol–water partition coefficient (Wildman–Crippen LogP) is 2.23. The van der Waals surface area contributed by atoms with E-state index in [1.807, 2.05) is 6.92 Å². The topological polar surface area (TPSA) is 26.3 Å². The summed E-state index contributed by atoms with van der Waals surface area (Å²) in [5.74, 6) is 0.275. The fourth-order valence-electron chi connectivity index (χ4n) is 2.34. The highest BCUT2D eigenvalue weighted by molar-refractivity contribution is 6.02. The molecule has 0 aliphatic heterocycles. The summed E-state index contributed by atoms with van der Waals surface area (Å²) in [6.07, 6.45) is 5.31. The third-order valence-corrected chi connectivity index (χ3v) is 2.97. The molecule has 1 unspecified atom stereocenters. The fourth-order valence-corrected chi connectivity index (χ4v) is 2.34. The van der Waals surface area contributed by atoms with Gasteiger partial charge in [-0.1, -0.05) is 5.57 Å². The molecule has 1 atom stereocenters. The van der Waals surface area contributed by atoms with Gasteiger partial charge in [-0.05, 0) is 38.2 Å². The van der Waals surface area contributed by atoms with E-state index < -0.39 is 0 Å². The normalized spacial score (nSPS) is 28.1. The minimum atomic E-state index is -0.131. The molecule has 13 heavy (non-hydrogen) atoms. The predicted molar refractivity (Wildman–Crippen MR) is 50.5 cm³/mol. The van der Waals surface area contributed by atoms with Crippen LogP contribution in [-0.4, -0.2) is 18.5 Å². The lowest BCUT2D eigenvalue weighted by molar-refractivity contribution is -0.125. The van der Waals surface area contributed by atoms with Gasteiger partial charge in [-0.2, -0.15) is 0 Å². The van der Waals surface area contributed by atoms with Gasteiger partial charge >= 0.3 is 0 Å². The molecule has 2 aliphatic carbocycles. The van der Waals surface area contributed by atoms with E-state index in [0.717, 1.165) is 24.8 Å². The molecule has 2 heteroatoms. The van der Waals surface area contributed by atoms with Gasteiger partial charge in [0.25, 0.3) is 0 Å². The summed E-state index contributed by atoms with van der Waals surface area (Å²) in [5.41, 5.74) is 2.49. The van der Waals surface area contributed by atoms with Gasteiger partial charge in [0.15, 0.2) is 5.78 Å². The number of ketones is 1. The molecule has 2 aliphatic rings. The molecular weight excluding hydrogens is 164 g/mol. The van der Waals surface area contributed by atoms with Crippen molar-refractivity contribution >= 4 is 5.78 Å². The lowest BCUT2D eigenvalue weighted by Crippen LogP contribution is -2.20. The maximum Gasteiger partial charge on any atom is 0.187 e. The lowest BCUT2D eigenvalue weighted by atomic mass is 9.94. The Labute approximate surface area is 79.0 Å². The minimum absolute atomic E-state index is 0.131. The SMILES string of the molecule is CCOC1CC2=C(CCCC2)C1=O. The second-order valence-electron chi connectivity index (χ2n) is 3.80. The monoisotopic (exact) mass is 180 g/mol. The van der Waals surface area contributed by atoms with Crippen LogP contribution in [0.1, 0.15) is 39.0 Å². The van der Waals surface area contributed by atoms with E-state index in [-0.39, 0.29) is 11.9 Å². The van der Waals surface area contributed by atoms with Crippen LogP contribution in [0.5, 0.6) is 0 Å². The van der Waals surface area contributed by atoms with Crippen LogP contribution in [0.3, 0.4) is 0 Å². The van der Waals surface area contributed by atoms with Crippen LogP contribution in [0.2, 0.25) is 0 Å². The van der Waals surface area contributed by atoms with E-state index in [9.17, 15) is 4.79 Å². The Hall–Kier alpha value is -0.630. The number of Topliss-reactive ketones (excluding diaryl/α,β-unsaturated/α-hetero) is 1. The molecule has 0 saturated heterocycles. The van der Waals surface area contributed by atoms with E-state index in [2.05, 4.69) is 0 Å². The molecule has 0 heterocycles. The number of rotatable bonds is 2. The second kappa shape index (κ2) is 3.62. The van der Waals surface area contributed by atoms with Crippen LogP contribution < -0.4 is 0 Å². The molecule has 0 aromatic carbocycles. The zero-order chi connectivity index (χ0) is 9.26. The maximum absolute atomic E-state index is 11.7. The smallest absolute Gasteiger partial charge is 0.187 e. The average Bonchev–Trinajstić information content (AvgIpc) is 2.46. The Morgan fingerprint density at radius 1 is 1.38 bits per heavy atom. The van der Waals surface area contributed by atoms with Crippen molar-refractivity contribution in [2.75, 3.05) is 6.61 Å². The number of carbonyl (C=O) groups is 1. The van der Waals surface area contributed by atoms with E-state index >= 15 is 0 Å². The third kappa shape index (κ3) is 1.55. The van der Waals surface area contributed by atoms with Crippen molar-refractivity contribution in [3.63, 3.8) is 0 Å². The van der Waals surface area contributed by atoms with Crippen molar-refractivity contribution in [3.05, 3.63) is 11.1 Å². The van der Waals surface area contributed by atoms with Gasteiger partial charge in [0, 0.05) is 13.0 Å². The van der Waals surface area contributed by atoms with Gasteiger partial charge in [0.05, 0.1) is 0 Å². The largest absolute Gasteiger partial charge is 0.370 e. The van der Waals surface area contributed by atoms with Crippen LogP contribution in [0.15, 0.2) is 11.1 Å². The number of hydrogen-bond donors (Lipinski definition) is 0. The van der Waals surface area contributed by atoms with Crippen molar-refractivity contribution in [2.45, 2.75) is 45.1 Å². The highest BCUT2D eigenvalue weighted by Gasteiger charge is 2.33. The summed E-state index contributed by atoms with van der Waals surface area (Å²) >= 11 is 0. The van der Waals surface area contributed by atoms with Gasteiger partial charge in [-0.25, -0.2) is 0 Å². The third-order valence-electron chi connectivity index (χ3n) is 2.97. The number of ether oxygens (including phenoxy) is 1. The van der Waals surface area contributed by atoms with Crippen LogP contribution in [0, 0.1) is 0 Å². The Balaban J connectivity index is 2.10. The van der Waals surface area contributed by atoms with Crippen molar-refractivity contribution in [1.82, 2.24) is 0 Å². The molecule has 0 spiro atoms. The summed E-state index contributed by atoms with van der Waals surface area (Å²) in [7, 11) is 0. The first-order valence-electron chi connectivity index (χ1n) is 5.19. The zero-order valence-electron chi connectivity index (χ0n) is 8.14. The van der Waals surface area contributed by atoms with Crippen LogP contribution in [0.25, 0.3) is 0 Å². The minimum Gasteiger partial charge on any atom is -0.370 e. The highest BCUT2D eigenvalue weighted by atomic mass is 16.5. The summed E-state index contributed by atoms with van der Waals surface area (Å²) < 4.78 is 5.42. The first kappa shape index (κ1) is 8.95. The molecule has 0 bridgehead atoms. The van der Waals surface area contributed by atoms with E-state index in [1.165, 1.54) is 18.4 Å². The lowest BCUT2D eigenvalue weighted by Gasteiger charge is -2.11. The first-order valence-corrected chi connectivity index (χ1v) is 5.19. The van der Waals surface area contributed by atoms with Gasteiger partial charge in [-0.3, -0.25) is 4.79 Å². The maximum atomic E-state index is 11.7. The Kier molecular flexibility index (Phi) is 2.49. The summed E-state index contributed by atoms with van der Waals surface area (Å²) in [4.78, 5) is 11.7. The standard InChI is InChI=1S/C11H16O2/c1-2-13-10-7-8-5-3-4-6-9(8)11(10)12/h10H,2-7H2,1H3. The van der Waals surface area contributed by atoms with Crippen molar-refractivity contribution in [1.29, 1.82) is 0 Å².